The number of thiophene rings is 1. The van der Waals surface area contributed by atoms with E-state index in [2.05, 4.69) is 25.6 Å². The molecule has 0 fully saturated rings. The zero-order valence-corrected chi connectivity index (χ0v) is 20.5. The molecule has 0 saturated heterocycles. The van der Waals surface area contributed by atoms with Gasteiger partial charge in [-0.25, -0.2) is 14.6 Å². The van der Waals surface area contributed by atoms with Gasteiger partial charge in [-0.2, -0.15) is 23.4 Å². The summed E-state index contributed by atoms with van der Waals surface area (Å²) >= 11 is 6.76. The summed E-state index contributed by atoms with van der Waals surface area (Å²) in [6.07, 6.45) is 0.920. The average Bonchev–Trinajstić information content (AvgIpc) is 3.51. The van der Waals surface area contributed by atoms with Crippen LogP contribution in [0.2, 0.25) is 5.02 Å². The zero-order chi connectivity index (χ0) is 25.9. The first kappa shape index (κ1) is 23.9. The molecule has 0 aromatic carbocycles. The molecule has 1 atom stereocenters. The van der Waals surface area contributed by atoms with E-state index >= 15 is 0 Å². The maximum absolute atomic E-state index is 13.7. The molecule has 5 aromatic rings. The van der Waals surface area contributed by atoms with Gasteiger partial charge in [0, 0.05) is 29.9 Å². The van der Waals surface area contributed by atoms with E-state index in [-0.39, 0.29) is 20.6 Å². The van der Waals surface area contributed by atoms with Gasteiger partial charge in [-0.15, -0.1) is 11.3 Å². The fourth-order valence-electron chi connectivity index (χ4n) is 3.71. The first-order valence-corrected chi connectivity index (χ1v) is 11.6. The summed E-state index contributed by atoms with van der Waals surface area (Å²) in [5, 5.41) is 17.5. The first-order chi connectivity index (χ1) is 17.0. The Bertz CT molecular complexity index is 1720. The lowest BCUT2D eigenvalue weighted by Crippen LogP contribution is -2.36. The number of nitrogens with zero attached hydrogens (tertiary/aromatic N) is 7. The van der Waals surface area contributed by atoms with Crippen LogP contribution in [-0.2, 0) is 18.0 Å². The lowest BCUT2D eigenvalue weighted by Gasteiger charge is -2.14. The van der Waals surface area contributed by atoms with E-state index in [0.717, 1.165) is 22.1 Å². The third-order valence-corrected chi connectivity index (χ3v) is 7.06. The van der Waals surface area contributed by atoms with E-state index in [4.69, 9.17) is 17.0 Å². The fourth-order valence-corrected chi connectivity index (χ4v) is 4.95. The molecule has 186 valence electrons. The highest BCUT2D eigenvalue weighted by atomic mass is 35.5. The quantitative estimate of drug-likeness (QED) is 0.360. The minimum Gasteiger partial charge on any atom is -0.282 e. The number of alkyl halides is 3. The van der Waals surface area contributed by atoms with Crippen LogP contribution in [0.1, 0.15) is 24.4 Å². The number of hydrogen-bond acceptors (Lipinski definition) is 7. The van der Waals surface area contributed by atoms with Gasteiger partial charge >= 0.3 is 6.18 Å². The number of halogens is 4. The lowest BCUT2D eigenvalue weighted by atomic mass is 10.0. The van der Waals surface area contributed by atoms with E-state index in [1.165, 1.54) is 29.6 Å². The molecule has 0 aliphatic rings. The van der Waals surface area contributed by atoms with Gasteiger partial charge in [0.1, 0.15) is 22.9 Å². The van der Waals surface area contributed by atoms with Crippen molar-refractivity contribution in [2.45, 2.75) is 26.1 Å². The van der Waals surface area contributed by atoms with Crippen LogP contribution in [0, 0.1) is 12.3 Å². The predicted molar refractivity (Wildman–Crippen MR) is 127 cm³/mol. The third kappa shape index (κ3) is 3.91. The molecular formula is C21H17ClF3N9OS. The fraction of sp³-hybridized carbons (Fsp3) is 0.238. The van der Waals surface area contributed by atoms with Gasteiger partial charge in [0.2, 0.25) is 0 Å². The summed E-state index contributed by atoms with van der Waals surface area (Å²) in [6, 6.07) is 0.224. The Morgan fingerprint density at radius 3 is 2.61 bits per heavy atom. The molecule has 0 aliphatic carbocycles. The molecule has 1 amide bonds. The predicted octanol–water partition coefficient (Wildman–Crippen LogP) is 4.03. The van der Waals surface area contributed by atoms with E-state index < -0.39 is 23.8 Å². The van der Waals surface area contributed by atoms with Crippen LogP contribution < -0.4 is 10.9 Å². The number of pyridine rings is 1. The number of nitrogens with one attached hydrogen (secondary N) is 2. The number of amides is 1. The second kappa shape index (κ2) is 8.41. The Balaban J connectivity index is 1.66. The van der Waals surface area contributed by atoms with Crippen LogP contribution in [-0.4, -0.2) is 40.1 Å². The SMILES string of the molecule is Cc1c(-c2cc(C(F)(F)F)nc3sc4c(=N)n(NC(=O)C(C)n5cc(Cl)cn5)cnc4c23)cnn1C. The summed E-state index contributed by atoms with van der Waals surface area (Å²) in [4.78, 5) is 21.0. The Kier molecular flexibility index (Phi) is 5.59. The average molecular weight is 536 g/mol. The van der Waals surface area contributed by atoms with Gasteiger partial charge in [0.25, 0.3) is 5.91 Å². The van der Waals surface area contributed by atoms with Gasteiger partial charge < -0.3 is 0 Å². The molecule has 36 heavy (non-hydrogen) atoms. The summed E-state index contributed by atoms with van der Waals surface area (Å²) in [7, 11) is 1.69. The molecular weight excluding hydrogens is 519 g/mol. The lowest BCUT2D eigenvalue weighted by molar-refractivity contribution is -0.140. The van der Waals surface area contributed by atoms with Crippen molar-refractivity contribution in [3.05, 3.63) is 52.9 Å². The van der Waals surface area contributed by atoms with Crippen molar-refractivity contribution in [1.29, 1.82) is 5.41 Å². The summed E-state index contributed by atoms with van der Waals surface area (Å²) in [5.74, 6) is -0.500. The molecule has 1 unspecified atom stereocenters. The molecule has 0 spiro atoms. The van der Waals surface area contributed by atoms with Crippen molar-refractivity contribution in [3.63, 3.8) is 0 Å². The van der Waals surface area contributed by atoms with Gasteiger partial charge in [0.15, 0.2) is 5.49 Å². The Morgan fingerprint density at radius 1 is 1.25 bits per heavy atom. The molecule has 5 rings (SSSR count). The van der Waals surface area contributed by atoms with Gasteiger partial charge in [-0.05, 0) is 25.5 Å². The number of carbonyl (C=O) groups excluding carboxylic acids is 1. The second-order valence-corrected chi connectivity index (χ2v) is 9.47. The summed E-state index contributed by atoms with van der Waals surface area (Å²) in [6.45, 7) is 3.34. The number of aryl methyl sites for hydroxylation is 1. The smallest absolute Gasteiger partial charge is 0.282 e. The van der Waals surface area contributed by atoms with Crippen LogP contribution >= 0.6 is 22.9 Å². The molecule has 0 aliphatic heterocycles. The number of rotatable bonds is 4. The number of aromatic nitrogens is 7. The zero-order valence-electron chi connectivity index (χ0n) is 18.9. The Morgan fingerprint density at radius 2 is 2.00 bits per heavy atom. The van der Waals surface area contributed by atoms with Crippen molar-refractivity contribution in [2.75, 3.05) is 5.43 Å². The molecule has 0 radical (unpaired) electrons. The van der Waals surface area contributed by atoms with E-state index in [9.17, 15) is 18.0 Å². The molecule has 5 aromatic heterocycles. The maximum Gasteiger partial charge on any atom is 0.433 e. The number of carbonyl (C=O) groups is 1. The highest BCUT2D eigenvalue weighted by Gasteiger charge is 2.34. The number of hydrogen-bond donors (Lipinski definition) is 2. The molecule has 0 bridgehead atoms. The minimum absolute atomic E-state index is 0.0719. The second-order valence-electron chi connectivity index (χ2n) is 8.03. The highest BCUT2D eigenvalue weighted by molar-refractivity contribution is 7.25. The molecule has 10 nitrogen and oxygen atoms in total. The normalized spacial score (nSPS) is 13.0. The monoisotopic (exact) mass is 535 g/mol. The van der Waals surface area contributed by atoms with Crippen LogP contribution in [0.3, 0.4) is 0 Å². The van der Waals surface area contributed by atoms with Crippen LogP contribution in [0.25, 0.3) is 31.6 Å². The maximum atomic E-state index is 13.7. The first-order valence-electron chi connectivity index (χ1n) is 10.4. The van der Waals surface area contributed by atoms with Crippen molar-refractivity contribution < 1.29 is 18.0 Å². The van der Waals surface area contributed by atoms with Gasteiger partial charge in [-0.1, -0.05) is 11.6 Å². The van der Waals surface area contributed by atoms with Crippen LogP contribution in [0.5, 0.6) is 0 Å². The van der Waals surface area contributed by atoms with E-state index in [1.807, 2.05) is 0 Å². The number of fused-ring (bicyclic) bond motifs is 3. The third-order valence-electron chi connectivity index (χ3n) is 5.79. The van der Waals surface area contributed by atoms with Crippen molar-refractivity contribution >= 4 is 49.3 Å². The molecule has 2 N–H and O–H groups in total. The highest BCUT2D eigenvalue weighted by Crippen LogP contribution is 2.41. The molecule has 0 saturated carbocycles. The minimum atomic E-state index is -4.67. The standard InChI is InChI=1S/C21H17ClF3N9OS/c1-9-13(6-28-32(9)3)12-4-14(21(23,24)25)30-20-15(12)16-17(36-20)18(26)34(8-27-16)31-19(35)10(2)33-7-11(22)5-29-33/h4-8,10,26H,1-3H3,(H,31,35). The van der Waals surface area contributed by atoms with Crippen molar-refractivity contribution in [2.24, 2.45) is 7.05 Å². The summed E-state index contributed by atoms with van der Waals surface area (Å²) in [5.41, 5.74) is 3.07. The Hall–Kier alpha value is -3.78. The van der Waals surface area contributed by atoms with E-state index in [0.29, 0.717) is 27.2 Å². The van der Waals surface area contributed by atoms with Gasteiger partial charge in [0.05, 0.1) is 27.6 Å². The molecule has 15 heteroatoms. The topological polar surface area (TPSA) is 119 Å². The van der Waals surface area contributed by atoms with E-state index in [1.54, 1.807) is 25.6 Å². The Labute approximate surface area is 209 Å². The molecule has 5 heterocycles. The van der Waals surface area contributed by atoms with Crippen LogP contribution in [0.4, 0.5) is 13.2 Å². The van der Waals surface area contributed by atoms with Crippen molar-refractivity contribution in [3.8, 4) is 11.1 Å². The van der Waals surface area contributed by atoms with Crippen molar-refractivity contribution in [1.82, 2.24) is 34.2 Å². The summed E-state index contributed by atoms with van der Waals surface area (Å²) < 4.78 is 45.3. The van der Waals surface area contributed by atoms with Crippen LogP contribution in [0.15, 0.2) is 31.0 Å². The van der Waals surface area contributed by atoms with Gasteiger partial charge in [-0.3, -0.25) is 25.0 Å². The largest absolute Gasteiger partial charge is 0.433 e.